The third-order valence-electron chi connectivity index (χ3n) is 4.82. The standard InChI is InChI=1S/C16H24ClNO/c1-11-5-4-8-16(18,12(11)2)10-13-9-14(17)6-7-15(13)19-3/h6-7,9,11-12H,4-5,8,10,18H2,1-3H3. The van der Waals surface area contributed by atoms with Gasteiger partial charge >= 0.3 is 0 Å². The van der Waals surface area contributed by atoms with Crippen molar-refractivity contribution in [3.05, 3.63) is 28.8 Å². The van der Waals surface area contributed by atoms with Crippen molar-refractivity contribution in [1.29, 1.82) is 0 Å². The van der Waals surface area contributed by atoms with Gasteiger partial charge in [0.05, 0.1) is 7.11 Å². The number of methoxy groups -OCH3 is 1. The van der Waals surface area contributed by atoms with Crippen LogP contribution < -0.4 is 10.5 Å². The van der Waals surface area contributed by atoms with Crippen molar-refractivity contribution in [1.82, 2.24) is 0 Å². The van der Waals surface area contributed by atoms with Gasteiger partial charge < -0.3 is 10.5 Å². The molecule has 1 aliphatic carbocycles. The monoisotopic (exact) mass is 281 g/mol. The Morgan fingerprint density at radius 3 is 2.84 bits per heavy atom. The van der Waals surface area contributed by atoms with Crippen molar-refractivity contribution in [3.8, 4) is 5.75 Å². The molecule has 0 radical (unpaired) electrons. The Labute approximate surface area is 121 Å². The van der Waals surface area contributed by atoms with Crippen LogP contribution in [0.5, 0.6) is 5.75 Å². The van der Waals surface area contributed by atoms with Gasteiger partial charge in [-0.3, -0.25) is 0 Å². The van der Waals surface area contributed by atoms with Gasteiger partial charge in [-0.15, -0.1) is 0 Å². The molecule has 0 heterocycles. The first-order valence-corrected chi connectivity index (χ1v) is 7.45. The molecule has 3 heteroatoms. The molecule has 0 aromatic heterocycles. The van der Waals surface area contributed by atoms with Crippen LogP contribution in [0.25, 0.3) is 0 Å². The van der Waals surface area contributed by atoms with Crippen LogP contribution in [0.2, 0.25) is 5.02 Å². The molecule has 1 aromatic carbocycles. The summed E-state index contributed by atoms with van der Waals surface area (Å²) < 4.78 is 5.43. The fraction of sp³-hybridized carbons (Fsp3) is 0.625. The maximum Gasteiger partial charge on any atom is 0.122 e. The lowest BCUT2D eigenvalue weighted by Crippen LogP contribution is -2.52. The molecular weight excluding hydrogens is 258 g/mol. The van der Waals surface area contributed by atoms with Crippen LogP contribution in [-0.2, 0) is 6.42 Å². The van der Waals surface area contributed by atoms with Crippen molar-refractivity contribution < 1.29 is 4.74 Å². The van der Waals surface area contributed by atoms with Crippen LogP contribution in [0.4, 0.5) is 0 Å². The SMILES string of the molecule is COc1ccc(Cl)cc1CC1(N)CCCC(C)C1C. The number of hydrogen-bond acceptors (Lipinski definition) is 2. The topological polar surface area (TPSA) is 35.2 Å². The molecule has 0 aliphatic heterocycles. The average Bonchev–Trinajstić information content (AvgIpc) is 2.36. The Bertz CT molecular complexity index is 448. The Kier molecular flexibility index (Phi) is 4.42. The summed E-state index contributed by atoms with van der Waals surface area (Å²) in [5, 5.41) is 0.746. The van der Waals surface area contributed by atoms with Gasteiger partial charge in [0, 0.05) is 10.6 Å². The second-order valence-corrected chi connectivity index (χ2v) is 6.46. The molecule has 1 fully saturated rings. The molecule has 19 heavy (non-hydrogen) atoms. The van der Waals surface area contributed by atoms with Gasteiger partial charge in [0.15, 0.2) is 0 Å². The van der Waals surface area contributed by atoms with Gasteiger partial charge in [-0.05, 0) is 48.4 Å². The molecule has 1 saturated carbocycles. The van der Waals surface area contributed by atoms with Crippen molar-refractivity contribution >= 4 is 11.6 Å². The Morgan fingerprint density at radius 2 is 2.16 bits per heavy atom. The zero-order valence-corrected chi connectivity index (χ0v) is 12.8. The normalized spacial score (nSPS) is 31.2. The molecule has 0 spiro atoms. The molecule has 106 valence electrons. The highest BCUT2D eigenvalue weighted by atomic mass is 35.5. The van der Waals surface area contributed by atoms with E-state index in [0.717, 1.165) is 29.2 Å². The van der Waals surface area contributed by atoms with E-state index in [-0.39, 0.29) is 5.54 Å². The number of hydrogen-bond donors (Lipinski definition) is 1. The zero-order chi connectivity index (χ0) is 14.0. The van der Waals surface area contributed by atoms with Gasteiger partial charge in [-0.1, -0.05) is 38.3 Å². The number of nitrogens with two attached hydrogens (primary N) is 1. The summed E-state index contributed by atoms with van der Waals surface area (Å²) >= 11 is 6.11. The zero-order valence-electron chi connectivity index (χ0n) is 12.1. The Morgan fingerprint density at radius 1 is 1.42 bits per heavy atom. The highest BCUT2D eigenvalue weighted by molar-refractivity contribution is 6.30. The van der Waals surface area contributed by atoms with E-state index in [4.69, 9.17) is 22.1 Å². The van der Waals surface area contributed by atoms with E-state index in [2.05, 4.69) is 13.8 Å². The van der Waals surface area contributed by atoms with E-state index in [9.17, 15) is 0 Å². The van der Waals surface area contributed by atoms with E-state index >= 15 is 0 Å². The minimum absolute atomic E-state index is 0.143. The quantitative estimate of drug-likeness (QED) is 0.907. The first-order valence-electron chi connectivity index (χ1n) is 7.07. The third-order valence-corrected chi connectivity index (χ3v) is 5.06. The van der Waals surface area contributed by atoms with E-state index in [1.54, 1.807) is 7.11 Å². The van der Waals surface area contributed by atoms with Crippen LogP contribution in [0, 0.1) is 11.8 Å². The predicted octanol–water partition coefficient (Wildman–Crippen LogP) is 4.04. The summed E-state index contributed by atoms with van der Waals surface area (Å²) in [7, 11) is 1.70. The van der Waals surface area contributed by atoms with Crippen molar-refractivity contribution in [3.63, 3.8) is 0 Å². The lowest BCUT2D eigenvalue weighted by molar-refractivity contribution is 0.142. The summed E-state index contributed by atoms with van der Waals surface area (Å²) in [6.45, 7) is 4.58. The molecule has 3 atom stereocenters. The van der Waals surface area contributed by atoms with Crippen molar-refractivity contribution in [2.75, 3.05) is 7.11 Å². The number of ether oxygens (including phenoxy) is 1. The second kappa shape index (κ2) is 5.72. The van der Waals surface area contributed by atoms with Crippen molar-refractivity contribution in [2.45, 2.75) is 45.1 Å². The maximum atomic E-state index is 6.70. The third kappa shape index (κ3) is 3.06. The van der Waals surface area contributed by atoms with Crippen LogP contribution in [0.3, 0.4) is 0 Å². The predicted molar refractivity (Wildman–Crippen MR) is 80.8 cm³/mol. The van der Waals surface area contributed by atoms with Gasteiger partial charge in [0.25, 0.3) is 0 Å². The first-order chi connectivity index (χ1) is 8.96. The average molecular weight is 282 g/mol. The van der Waals surface area contributed by atoms with Crippen LogP contribution in [0.15, 0.2) is 18.2 Å². The van der Waals surface area contributed by atoms with Gasteiger partial charge in [-0.2, -0.15) is 0 Å². The number of benzene rings is 1. The highest BCUT2D eigenvalue weighted by Crippen LogP contribution is 2.39. The number of rotatable bonds is 3. The summed E-state index contributed by atoms with van der Waals surface area (Å²) in [6.07, 6.45) is 4.41. The van der Waals surface area contributed by atoms with Crippen LogP contribution in [0.1, 0.15) is 38.7 Å². The Hall–Kier alpha value is -0.730. The van der Waals surface area contributed by atoms with E-state index in [1.165, 1.54) is 12.8 Å². The molecular formula is C16H24ClNO. The molecule has 0 amide bonds. The lowest BCUT2D eigenvalue weighted by Gasteiger charge is -2.43. The summed E-state index contributed by atoms with van der Waals surface area (Å²) in [4.78, 5) is 0. The van der Waals surface area contributed by atoms with E-state index < -0.39 is 0 Å². The van der Waals surface area contributed by atoms with Gasteiger partial charge in [-0.25, -0.2) is 0 Å². The second-order valence-electron chi connectivity index (χ2n) is 6.02. The molecule has 1 aromatic rings. The van der Waals surface area contributed by atoms with Gasteiger partial charge in [0.2, 0.25) is 0 Å². The molecule has 3 unspecified atom stereocenters. The maximum absolute atomic E-state index is 6.70. The highest BCUT2D eigenvalue weighted by Gasteiger charge is 2.38. The van der Waals surface area contributed by atoms with Crippen molar-refractivity contribution in [2.24, 2.45) is 17.6 Å². The fourth-order valence-electron chi connectivity index (χ4n) is 3.29. The summed E-state index contributed by atoms with van der Waals surface area (Å²) in [5.41, 5.74) is 7.68. The minimum atomic E-state index is -0.143. The molecule has 0 saturated heterocycles. The fourth-order valence-corrected chi connectivity index (χ4v) is 3.48. The largest absolute Gasteiger partial charge is 0.496 e. The minimum Gasteiger partial charge on any atom is -0.496 e. The molecule has 2 N–H and O–H groups in total. The first kappa shape index (κ1) is 14.7. The molecule has 1 aliphatic rings. The van der Waals surface area contributed by atoms with Crippen LogP contribution in [-0.4, -0.2) is 12.6 Å². The lowest BCUT2D eigenvalue weighted by atomic mass is 9.66. The molecule has 2 rings (SSSR count). The van der Waals surface area contributed by atoms with E-state index in [0.29, 0.717) is 11.8 Å². The number of halogens is 1. The Balaban J connectivity index is 2.26. The molecule has 2 nitrogen and oxygen atoms in total. The summed E-state index contributed by atoms with van der Waals surface area (Å²) in [6, 6.07) is 5.78. The molecule has 0 bridgehead atoms. The van der Waals surface area contributed by atoms with Gasteiger partial charge in [0.1, 0.15) is 5.75 Å². The smallest absolute Gasteiger partial charge is 0.122 e. The van der Waals surface area contributed by atoms with Crippen LogP contribution >= 0.6 is 11.6 Å². The van der Waals surface area contributed by atoms with E-state index in [1.807, 2.05) is 18.2 Å². The summed E-state index contributed by atoms with van der Waals surface area (Å²) in [5.74, 6) is 2.09.